The van der Waals surface area contributed by atoms with Crippen molar-refractivity contribution in [1.29, 1.82) is 0 Å². The van der Waals surface area contributed by atoms with E-state index in [-0.39, 0.29) is 42.3 Å². The topological polar surface area (TPSA) is 114 Å². The highest BCUT2D eigenvalue weighted by atomic mass is 16.5. The molecule has 0 rings (SSSR count). The second kappa shape index (κ2) is 12.3. The molecular weight excluding hydrogens is 346 g/mol. The van der Waals surface area contributed by atoms with E-state index in [0.717, 1.165) is 0 Å². The summed E-state index contributed by atoms with van der Waals surface area (Å²) in [6, 6.07) is 0.0551. The van der Waals surface area contributed by atoms with Gasteiger partial charge in [0, 0.05) is 24.5 Å². The van der Waals surface area contributed by atoms with Gasteiger partial charge in [-0.1, -0.05) is 20.8 Å². The lowest BCUT2D eigenvalue weighted by Gasteiger charge is -2.33. The van der Waals surface area contributed by atoms with Crippen LogP contribution in [0.25, 0.3) is 0 Å². The van der Waals surface area contributed by atoms with Crippen LogP contribution in [-0.4, -0.2) is 42.5 Å². The van der Waals surface area contributed by atoms with Crippen LogP contribution in [0.2, 0.25) is 0 Å². The minimum absolute atomic E-state index is 0.0300. The maximum Gasteiger partial charge on any atom is 0.311 e. The largest absolute Gasteiger partial charge is 0.465 e. The number of nitrogens with two attached hydrogens (primary N) is 1. The van der Waals surface area contributed by atoms with E-state index in [1.807, 2.05) is 48.5 Å². The molecule has 0 aliphatic heterocycles. The van der Waals surface area contributed by atoms with Gasteiger partial charge in [-0.25, -0.2) is 0 Å². The van der Waals surface area contributed by atoms with Crippen molar-refractivity contribution in [2.45, 2.75) is 80.0 Å². The molecule has 0 heterocycles. The molecule has 0 spiro atoms. The van der Waals surface area contributed by atoms with E-state index in [0.29, 0.717) is 25.9 Å². The summed E-state index contributed by atoms with van der Waals surface area (Å²) in [5.41, 5.74) is 4.74. The molecule has 0 aromatic rings. The van der Waals surface area contributed by atoms with Crippen LogP contribution < -0.4 is 16.4 Å². The molecule has 3 atom stereocenters. The fourth-order valence-electron chi connectivity index (χ4n) is 3.01. The molecule has 7 heteroatoms. The number of esters is 1. The Morgan fingerprint density at radius 3 is 2.22 bits per heavy atom. The number of ether oxygens (including phenoxy) is 1. The normalized spacial score (nSPS) is 15.5. The van der Waals surface area contributed by atoms with Crippen LogP contribution in [-0.2, 0) is 14.3 Å². The van der Waals surface area contributed by atoms with Crippen LogP contribution in [0.3, 0.4) is 0 Å². The molecule has 1 amide bonds. The molecule has 0 saturated carbocycles. The van der Waals surface area contributed by atoms with Gasteiger partial charge < -0.3 is 20.9 Å². The van der Waals surface area contributed by atoms with Crippen LogP contribution >= 0.6 is 0 Å². The van der Waals surface area contributed by atoms with Gasteiger partial charge in [0.05, 0.1) is 12.0 Å². The number of aliphatic hydroxyl groups excluding tert-OH is 1. The summed E-state index contributed by atoms with van der Waals surface area (Å²) in [7, 11) is 0. The molecule has 0 aromatic heterocycles. The van der Waals surface area contributed by atoms with Gasteiger partial charge in [0.1, 0.15) is 6.23 Å². The summed E-state index contributed by atoms with van der Waals surface area (Å²) in [6.45, 7) is 13.9. The van der Waals surface area contributed by atoms with Crippen molar-refractivity contribution in [3.8, 4) is 0 Å². The highest BCUT2D eigenvalue weighted by Gasteiger charge is 2.36. The number of hydrogen-bond donors (Lipinski definition) is 4. The third-order valence-corrected chi connectivity index (χ3v) is 4.53. The molecule has 0 fully saturated rings. The second-order valence-electron chi connectivity index (χ2n) is 8.70. The van der Waals surface area contributed by atoms with Crippen LogP contribution in [0.5, 0.6) is 0 Å². The average molecular weight is 388 g/mol. The van der Waals surface area contributed by atoms with Gasteiger partial charge in [0.2, 0.25) is 5.91 Å². The summed E-state index contributed by atoms with van der Waals surface area (Å²) in [5.74, 6) is -0.611. The minimum Gasteiger partial charge on any atom is -0.465 e. The van der Waals surface area contributed by atoms with E-state index < -0.39 is 11.6 Å². The van der Waals surface area contributed by atoms with Crippen LogP contribution in [0.1, 0.15) is 67.7 Å². The molecule has 0 saturated heterocycles. The zero-order valence-electron chi connectivity index (χ0n) is 18.2. The average Bonchev–Trinajstić information content (AvgIpc) is 2.55. The number of amides is 1. The number of rotatable bonds is 13. The molecule has 27 heavy (non-hydrogen) atoms. The lowest BCUT2D eigenvalue weighted by Crippen LogP contribution is -2.44. The van der Waals surface area contributed by atoms with Crippen molar-refractivity contribution in [3.05, 3.63) is 0 Å². The van der Waals surface area contributed by atoms with Gasteiger partial charge in [0.25, 0.3) is 0 Å². The zero-order valence-corrected chi connectivity index (χ0v) is 18.2. The van der Waals surface area contributed by atoms with Crippen molar-refractivity contribution in [3.63, 3.8) is 0 Å². The van der Waals surface area contributed by atoms with Gasteiger partial charge in [-0.15, -0.1) is 0 Å². The smallest absolute Gasteiger partial charge is 0.311 e. The van der Waals surface area contributed by atoms with Crippen molar-refractivity contribution in [1.82, 2.24) is 10.6 Å². The predicted octanol–water partition coefficient (Wildman–Crippen LogP) is 1.98. The first-order valence-corrected chi connectivity index (χ1v) is 10.0. The van der Waals surface area contributed by atoms with E-state index in [4.69, 9.17) is 10.5 Å². The van der Waals surface area contributed by atoms with Crippen LogP contribution in [0.4, 0.5) is 0 Å². The lowest BCUT2D eigenvalue weighted by atomic mass is 9.77. The Morgan fingerprint density at radius 2 is 1.78 bits per heavy atom. The lowest BCUT2D eigenvalue weighted by molar-refractivity contribution is -0.156. The third kappa shape index (κ3) is 10.1. The first-order valence-electron chi connectivity index (χ1n) is 10.0. The number of carbonyl (C=O) groups excluding carboxylic acids is 2. The van der Waals surface area contributed by atoms with E-state index in [9.17, 15) is 14.7 Å². The standard InChI is InChI=1S/C20H41N3O4/c1-8-15(18(25)23-14(4)5)9-16(17(24)22-12-21)10-20(6,7)19(26)27-11-13(2)3/h13-17,22,24H,8-12,21H2,1-7H3,(H,23,25). The Bertz CT molecular complexity index is 453. The Balaban J connectivity index is 5.22. The van der Waals surface area contributed by atoms with Gasteiger partial charge in [-0.2, -0.15) is 0 Å². The molecule has 5 N–H and O–H groups in total. The van der Waals surface area contributed by atoms with Crippen molar-refractivity contribution < 1.29 is 19.4 Å². The van der Waals surface area contributed by atoms with Gasteiger partial charge in [0.15, 0.2) is 0 Å². The fraction of sp³-hybridized carbons (Fsp3) is 0.900. The summed E-state index contributed by atoms with van der Waals surface area (Å²) in [6.07, 6.45) is 0.615. The third-order valence-electron chi connectivity index (χ3n) is 4.53. The molecule has 3 unspecified atom stereocenters. The minimum atomic E-state index is -0.895. The first-order chi connectivity index (χ1) is 12.4. The van der Waals surface area contributed by atoms with Crippen molar-refractivity contribution in [2.24, 2.45) is 28.9 Å². The molecule has 0 radical (unpaired) electrons. The fourth-order valence-corrected chi connectivity index (χ4v) is 3.01. The molecule has 160 valence electrons. The Morgan fingerprint density at radius 1 is 1.19 bits per heavy atom. The Labute approximate surface area is 164 Å². The van der Waals surface area contributed by atoms with E-state index >= 15 is 0 Å². The molecule has 0 aliphatic carbocycles. The Kier molecular flexibility index (Phi) is 11.8. The number of carbonyl (C=O) groups is 2. The molecule has 0 aromatic carbocycles. The Hall–Kier alpha value is -1.18. The summed E-state index contributed by atoms with van der Waals surface area (Å²) in [4.78, 5) is 24.9. The van der Waals surface area contributed by atoms with Gasteiger partial charge in [-0.05, 0) is 52.9 Å². The molecule has 7 nitrogen and oxygen atoms in total. The maximum absolute atomic E-state index is 12.5. The second-order valence-corrected chi connectivity index (χ2v) is 8.70. The number of nitrogens with one attached hydrogen (secondary N) is 2. The van der Waals surface area contributed by atoms with E-state index in [1.54, 1.807) is 0 Å². The zero-order chi connectivity index (χ0) is 21.2. The van der Waals surface area contributed by atoms with E-state index in [2.05, 4.69) is 10.6 Å². The highest BCUT2D eigenvalue weighted by molar-refractivity contribution is 5.79. The quantitative estimate of drug-likeness (QED) is 0.284. The van der Waals surface area contributed by atoms with Gasteiger partial charge >= 0.3 is 5.97 Å². The van der Waals surface area contributed by atoms with E-state index in [1.165, 1.54) is 0 Å². The molecule has 0 bridgehead atoms. The number of hydrogen-bond acceptors (Lipinski definition) is 6. The summed E-state index contributed by atoms with van der Waals surface area (Å²) < 4.78 is 5.40. The SMILES string of the molecule is CCC(CC(CC(C)(C)C(=O)OCC(C)C)C(O)NCN)C(=O)NC(C)C. The van der Waals surface area contributed by atoms with Gasteiger partial charge in [-0.3, -0.25) is 14.9 Å². The highest BCUT2D eigenvalue weighted by Crippen LogP contribution is 2.33. The van der Waals surface area contributed by atoms with Crippen LogP contribution in [0.15, 0.2) is 0 Å². The molecular formula is C20H41N3O4. The number of aliphatic hydroxyl groups is 1. The summed E-state index contributed by atoms with van der Waals surface area (Å²) >= 11 is 0. The maximum atomic E-state index is 12.5. The predicted molar refractivity (Wildman–Crippen MR) is 108 cm³/mol. The van der Waals surface area contributed by atoms with Crippen LogP contribution in [0, 0.1) is 23.2 Å². The van der Waals surface area contributed by atoms with Crippen molar-refractivity contribution >= 4 is 11.9 Å². The monoisotopic (exact) mass is 387 g/mol. The first kappa shape index (κ1) is 25.8. The van der Waals surface area contributed by atoms with Crippen molar-refractivity contribution in [2.75, 3.05) is 13.3 Å². The summed E-state index contributed by atoms with van der Waals surface area (Å²) in [5, 5.41) is 16.3. The molecule has 0 aliphatic rings.